The zero-order chi connectivity index (χ0) is 12.0. The van der Waals surface area contributed by atoms with Crippen LogP contribution < -0.4 is 0 Å². The van der Waals surface area contributed by atoms with Gasteiger partial charge in [-0.05, 0) is 23.8 Å². The third kappa shape index (κ3) is 1.81. The smallest absolute Gasteiger partial charge is 0.236 e. The first-order chi connectivity index (χ1) is 8.04. The minimum atomic E-state index is -3.60. The number of hydrogen-bond acceptors (Lipinski definition) is 4. The van der Waals surface area contributed by atoms with Gasteiger partial charge in [0.1, 0.15) is 0 Å². The van der Waals surface area contributed by atoms with Crippen molar-refractivity contribution in [1.29, 1.82) is 0 Å². The summed E-state index contributed by atoms with van der Waals surface area (Å²) in [7, 11) is 1.68. The van der Waals surface area contributed by atoms with E-state index in [1.807, 2.05) is 0 Å². The van der Waals surface area contributed by atoms with Gasteiger partial charge in [-0.25, -0.2) is 8.42 Å². The summed E-state index contributed by atoms with van der Waals surface area (Å²) in [5.41, 5.74) is 1.76. The van der Waals surface area contributed by atoms with E-state index in [0.29, 0.717) is 22.1 Å². The maximum Gasteiger partial charge on any atom is 0.236 e. The van der Waals surface area contributed by atoms with Crippen LogP contribution in [0.1, 0.15) is 5.56 Å². The second-order valence-electron chi connectivity index (χ2n) is 3.72. The van der Waals surface area contributed by atoms with Crippen LogP contribution in [0.2, 0.25) is 0 Å². The van der Waals surface area contributed by atoms with Gasteiger partial charge in [0.25, 0.3) is 0 Å². The van der Waals surface area contributed by atoms with Crippen LogP contribution in [0.25, 0.3) is 21.9 Å². The fourth-order valence-electron chi connectivity index (χ4n) is 1.93. The maximum atomic E-state index is 11.2. The van der Waals surface area contributed by atoms with Crippen LogP contribution in [-0.4, -0.2) is 8.42 Å². The number of hydrogen-bond donors (Lipinski definition) is 0. The Bertz CT molecular complexity index is 797. The molecule has 0 bridgehead atoms. The van der Waals surface area contributed by atoms with Gasteiger partial charge in [0.15, 0.2) is 11.2 Å². The first kappa shape index (κ1) is 10.7. The summed E-state index contributed by atoms with van der Waals surface area (Å²) in [6, 6.07) is 5.20. The average Bonchev–Trinajstić information content (AvgIpc) is 2.79. The standard InChI is InChI=1S/C11H7ClO4S/c12-17(13,14)6-8-5-7-1-3-15-10(7)11-9(8)2-4-16-11/h1-5H,6H2. The molecule has 0 N–H and O–H groups in total. The minimum absolute atomic E-state index is 0.230. The molecule has 2 heterocycles. The summed E-state index contributed by atoms with van der Waals surface area (Å²) in [6.45, 7) is 0. The predicted molar refractivity (Wildman–Crippen MR) is 64.5 cm³/mol. The lowest BCUT2D eigenvalue weighted by atomic mass is 10.1. The normalized spacial score (nSPS) is 12.5. The molecule has 0 aliphatic carbocycles. The van der Waals surface area contributed by atoms with Crippen LogP contribution in [0, 0.1) is 0 Å². The van der Waals surface area contributed by atoms with Crippen molar-refractivity contribution in [3.8, 4) is 0 Å². The van der Waals surface area contributed by atoms with Crippen LogP contribution in [0.5, 0.6) is 0 Å². The molecule has 3 aromatic rings. The number of benzene rings is 1. The van der Waals surface area contributed by atoms with Crippen molar-refractivity contribution in [1.82, 2.24) is 0 Å². The van der Waals surface area contributed by atoms with E-state index in [1.165, 1.54) is 12.5 Å². The first-order valence-corrected chi connectivity index (χ1v) is 7.31. The highest BCUT2D eigenvalue weighted by molar-refractivity contribution is 8.13. The van der Waals surface area contributed by atoms with Crippen LogP contribution >= 0.6 is 10.7 Å². The molecule has 0 aliphatic rings. The van der Waals surface area contributed by atoms with E-state index in [0.717, 1.165) is 5.39 Å². The number of fused-ring (bicyclic) bond motifs is 3. The SMILES string of the molecule is O=S(=O)(Cl)Cc1cc2ccoc2c2occc12. The van der Waals surface area contributed by atoms with Gasteiger partial charge in [0, 0.05) is 21.5 Å². The van der Waals surface area contributed by atoms with E-state index in [-0.39, 0.29) is 5.75 Å². The van der Waals surface area contributed by atoms with Crippen LogP contribution in [0.4, 0.5) is 0 Å². The largest absolute Gasteiger partial charge is 0.460 e. The average molecular weight is 271 g/mol. The third-order valence-electron chi connectivity index (χ3n) is 2.57. The minimum Gasteiger partial charge on any atom is -0.460 e. The van der Waals surface area contributed by atoms with Crippen molar-refractivity contribution >= 4 is 41.7 Å². The monoisotopic (exact) mass is 270 g/mol. The summed E-state index contributed by atoms with van der Waals surface area (Å²) in [5.74, 6) is -0.230. The third-order valence-corrected chi connectivity index (χ3v) is 3.55. The summed E-state index contributed by atoms with van der Waals surface area (Å²) < 4.78 is 32.9. The molecule has 0 saturated carbocycles. The van der Waals surface area contributed by atoms with Crippen molar-refractivity contribution in [3.63, 3.8) is 0 Å². The Morgan fingerprint density at radius 3 is 2.59 bits per heavy atom. The molecular formula is C11H7ClO4S. The highest BCUT2D eigenvalue weighted by atomic mass is 35.7. The number of halogens is 1. The Hall–Kier alpha value is -1.46. The lowest BCUT2D eigenvalue weighted by Gasteiger charge is -2.00. The summed E-state index contributed by atoms with van der Waals surface area (Å²) >= 11 is 0. The molecule has 4 nitrogen and oxygen atoms in total. The van der Waals surface area contributed by atoms with Gasteiger partial charge in [-0.3, -0.25) is 0 Å². The molecule has 0 spiro atoms. The fourth-order valence-corrected chi connectivity index (χ4v) is 2.89. The number of furan rings is 2. The lowest BCUT2D eigenvalue weighted by molar-refractivity contribution is 0.582. The van der Waals surface area contributed by atoms with Crippen molar-refractivity contribution in [2.24, 2.45) is 0 Å². The van der Waals surface area contributed by atoms with Crippen LogP contribution in [0.3, 0.4) is 0 Å². The van der Waals surface area contributed by atoms with Gasteiger partial charge in [-0.15, -0.1) is 0 Å². The molecule has 6 heteroatoms. The Kier molecular flexibility index (Phi) is 2.21. The van der Waals surface area contributed by atoms with Gasteiger partial charge >= 0.3 is 0 Å². The van der Waals surface area contributed by atoms with E-state index in [2.05, 4.69) is 0 Å². The molecule has 0 aliphatic heterocycles. The van der Waals surface area contributed by atoms with Crippen molar-refractivity contribution in [3.05, 3.63) is 36.3 Å². The maximum absolute atomic E-state index is 11.2. The molecule has 1 aromatic carbocycles. The fraction of sp³-hybridized carbons (Fsp3) is 0.0909. The molecule has 2 aromatic heterocycles. The van der Waals surface area contributed by atoms with E-state index >= 15 is 0 Å². The molecule has 0 atom stereocenters. The zero-order valence-electron chi connectivity index (χ0n) is 8.51. The lowest BCUT2D eigenvalue weighted by Crippen LogP contribution is -1.95. The summed E-state index contributed by atoms with van der Waals surface area (Å²) in [5, 5.41) is 1.50. The molecule has 88 valence electrons. The Morgan fingerprint density at radius 2 is 1.82 bits per heavy atom. The van der Waals surface area contributed by atoms with E-state index in [1.54, 1.807) is 18.2 Å². The van der Waals surface area contributed by atoms with E-state index in [9.17, 15) is 8.42 Å². The molecule has 0 fully saturated rings. The van der Waals surface area contributed by atoms with Gasteiger partial charge in [-0.1, -0.05) is 0 Å². The topological polar surface area (TPSA) is 60.4 Å². The van der Waals surface area contributed by atoms with Crippen molar-refractivity contribution in [2.75, 3.05) is 0 Å². The first-order valence-electron chi connectivity index (χ1n) is 4.83. The van der Waals surface area contributed by atoms with E-state index < -0.39 is 9.05 Å². The molecule has 0 amide bonds. The Labute approximate surface area is 101 Å². The molecular weight excluding hydrogens is 264 g/mol. The molecule has 17 heavy (non-hydrogen) atoms. The predicted octanol–water partition coefficient (Wildman–Crippen LogP) is 3.25. The highest BCUT2D eigenvalue weighted by Gasteiger charge is 2.15. The van der Waals surface area contributed by atoms with Crippen molar-refractivity contribution < 1.29 is 17.3 Å². The van der Waals surface area contributed by atoms with Crippen LogP contribution in [-0.2, 0) is 14.8 Å². The highest BCUT2D eigenvalue weighted by Crippen LogP contribution is 2.31. The van der Waals surface area contributed by atoms with Gasteiger partial charge in [0.2, 0.25) is 9.05 Å². The molecule has 0 radical (unpaired) electrons. The summed E-state index contributed by atoms with van der Waals surface area (Å²) in [4.78, 5) is 0. The van der Waals surface area contributed by atoms with E-state index in [4.69, 9.17) is 19.5 Å². The Morgan fingerprint density at radius 1 is 1.12 bits per heavy atom. The second kappa shape index (κ2) is 3.51. The molecule has 3 rings (SSSR count). The van der Waals surface area contributed by atoms with Crippen LogP contribution in [0.15, 0.2) is 39.6 Å². The van der Waals surface area contributed by atoms with Gasteiger partial charge < -0.3 is 8.83 Å². The van der Waals surface area contributed by atoms with Gasteiger partial charge in [0.05, 0.1) is 18.3 Å². The molecule has 0 saturated heterocycles. The van der Waals surface area contributed by atoms with Gasteiger partial charge in [-0.2, -0.15) is 0 Å². The quantitative estimate of drug-likeness (QED) is 0.671. The summed E-state index contributed by atoms with van der Waals surface area (Å²) in [6.07, 6.45) is 3.03. The zero-order valence-corrected chi connectivity index (χ0v) is 10.1. The van der Waals surface area contributed by atoms with Crippen molar-refractivity contribution in [2.45, 2.75) is 5.75 Å². The molecule has 0 unspecified atom stereocenters. The Balaban J connectivity index is 2.37. The second-order valence-corrected chi connectivity index (χ2v) is 6.50. The number of rotatable bonds is 2.